The first kappa shape index (κ1) is 21.3. The molecular weight excluding hydrogens is 430 g/mol. The molecule has 4 nitrogen and oxygen atoms in total. The molecule has 1 aliphatic rings. The Bertz CT molecular complexity index is 912. The van der Waals surface area contributed by atoms with Gasteiger partial charge in [-0.25, -0.2) is 4.79 Å². The fraction of sp³-hybridized carbons (Fsp3) is 0.333. The van der Waals surface area contributed by atoms with Crippen molar-refractivity contribution < 1.29 is 14.7 Å². The molecule has 1 amide bonds. The second kappa shape index (κ2) is 9.40. The minimum atomic E-state index is -0.993. The molecule has 0 unspecified atom stereocenters. The summed E-state index contributed by atoms with van der Waals surface area (Å²) in [6.07, 6.45) is 8.43. The number of anilines is 1. The van der Waals surface area contributed by atoms with Crippen LogP contribution >= 0.6 is 15.9 Å². The van der Waals surface area contributed by atoms with Crippen LogP contribution in [0.2, 0.25) is 0 Å². The van der Waals surface area contributed by atoms with Crippen molar-refractivity contribution in [3.63, 3.8) is 0 Å². The molecule has 2 aromatic carbocycles. The third-order valence-electron chi connectivity index (χ3n) is 5.52. The lowest BCUT2D eigenvalue weighted by Gasteiger charge is -2.36. The van der Waals surface area contributed by atoms with Gasteiger partial charge >= 0.3 is 5.97 Å². The molecule has 2 N–H and O–H groups in total. The number of carboxylic acids is 1. The van der Waals surface area contributed by atoms with E-state index in [2.05, 4.69) is 33.4 Å². The Labute approximate surface area is 180 Å². The van der Waals surface area contributed by atoms with Crippen LogP contribution in [0, 0.1) is 12.3 Å². The van der Waals surface area contributed by atoms with Crippen LogP contribution in [0.3, 0.4) is 0 Å². The van der Waals surface area contributed by atoms with E-state index in [-0.39, 0.29) is 5.91 Å². The van der Waals surface area contributed by atoms with Crippen LogP contribution in [0.5, 0.6) is 0 Å². The molecule has 0 bridgehead atoms. The maximum atomic E-state index is 13.4. The van der Waals surface area contributed by atoms with Crippen molar-refractivity contribution in [1.29, 1.82) is 0 Å². The number of aryl methyl sites for hydroxylation is 1. The minimum Gasteiger partial charge on any atom is -0.478 e. The van der Waals surface area contributed by atoms with Crippen LogP contribution in [-0.2, 0) is 16.0 Å². The number of rotatable bonds is 6. The molecule has 0 heterocycles. The normalized spacial score (nSPS) is 15.9. The van der Waals surface area contributed by atoms with E-state index < -0.39 is 11.4 Å². The monoisotopic (exact) mass is 455 g/mol. The van der Waals surface area contributed by atoms with Crippen LogP contribution in [0.1, 0.15) is 48.8 Å². The van der Waals surface area contributed by atoms with Gasteiger partial charge in [0.2, 0.25) is 5.91 Å². The van der Waals surface area contributed by atoms with Crippen molar-refractivity contribution >= 4 is 39.6 Å². The summed E-state index contributed by atoms with van der Waals surface area (Å²) in [5.74, 6) is -0.938. The Kier molecular flexibility index (Phi) is 6.91. The Balaban J connectivity index is 1.83. The van der Waals surface area contributed by atoms with E-state index in [9.17, 15) is 9.59 Å². The smallest absolute Gasteiger partial charge is 0.328 e. The maximum Gasteiger partial charge on any atom is 0.328 e. The summed E-state index contributed by atoms with van der Waals surface area (Å²) in [5.41, 5.74) is 3.19. The molecule has 0 spiro atoms. The Morgan fingerprint density at radius 2 is 1.79 bits per heavy atom. The van der Waals surface area contributed by atoms with E-state index >= 15 is 0 Å². The SMILES string of the molecule is Cc1cc(/C=C/C(=O)O)cc(NC(=O)C2(Cc3ccc(Br)cc3)CCCCC2)c1. The molecule has 0 aromatic heterocycles. The number of halogens is 1. The zero-order chi connectivity index (χ0) is 20.9. The lowest BCUT2D eigenvalue weighted by atomic mass is 9.69. The van der Waals surface area contributed by atoms with E-state index in [0.29, 0.717) is 5.69 Å². The van der Waals surface area contributed by atoms with E-state index in [4.69, 9.17) is 5.11 Å². The van der Waals surface area contributed by atoms with Crippen LogP contribution in [0.15, 0.2) is 53.0 Å². The third kappa shape index (κ3) is 5.80. The van der Waals surface area contributed by atoms with Crippen LogP contribution in [-0.4, -0.2) is 17.0 Å². The first-order valence-corrected chi connectivity index (χ1v) is 10.7. The quantitative estimate of drug-likeness (QED) is 0.525. The zero-order valence-corrected chi connectivity index (χ0v) is 18.2. The molecule has 29 heavy (non-hydrogen) atoms. The summed E-state index contributed by atoms with van der Waals surface area (Å²) in [5, 5.41) is 12.0. The first-order valence-electron chi connectivity index (χ1n) is 9.95. The lowest BCUT2D eigenvalue weighted by Crippen LogP contribution is -2.40. The van der Waals surface area contributed by atoms with Crippen molar-refractivity contribution in [3.8, 4) is 0 Å². The zero-order valence-electron chi connectivity index (χ0n) is 16.6. The Morgan fingerprint density at radius 1 is 1.10 bits per heavy atom. The van der Waals surface area contributed by atoms with Crippen LogP contribution < -0.4 is 5.32 Å². The average Bonchev–Trinajstić information content (AvgIpc) is 2.68. The molecule has 1 fully saturated rings. The average molecular weight is 456 g/mol. The largest absolute Gasteiger partial charge is 0.478 e. The number of carboxylic acid groups (broad SMARTS) is 1. The van der Waals surface area contributed by atoms with E-state index in [0.717, 1.165) is 53.8 Å². The van der Waals surface area contributed by atoms with Gasteiger partial charge in [-0.1, -0.05) is 53.4 Å². The summed E-state index contributed by atoms with van der Waals surface area (Å²) in [6.45, 7) is 1.94. The highest BCUT2D eigenvalue weighted by atomic mass is 79.9. The molecule has 3 rings (SSSR count). The van der Waals surface area contributed by atoms with Crippen molar-refractivity contribution in [2.45, 2.75) is 45.4 Å². The number of amides is 1. The molecule has 0 atom stereocenters. The molecule has 2 aromatic rings. The third-order valence-corrected chi connectivity index (χ3v) is 6.05. The van der Waals surface area contributed by atoms with E-state index in [1.165, 1.54) is 12.0 Å². The number of carbonyl (C=O) groups is 2. The van der Waals surface area contributed by atoms with Crippen molar-refractivity contribution in [2.75, 3.05) is 5.32 Å². The molecule has 0 aliphatic heterocycles. The highest BCUT2D eigenvalue weighted by Gasteiger charge is 2.39. The first-order chi connectivity index (χ1) is 13.9. The minimum absolute atomic E-state index is 0.0545. The fourth-order valence-corrected chi connectivity index (χ4v) is 4.38. The number of hydrogen-bond donors (Lipinski definition) is 2. The second-order valence-electron chi connectivity index (χ2n) is 7.90. The standard InChI is InChI=1S/C24H26BrNO3/c1-17-13-19(7-10-22(27)28)15-21(14-17)26-23(29)24(11-3-2-4-12-24)16-18-5-8-20(25)9-6-18/h5-10,13-15H,2-4,11-12,16H2,1H3,(H,26,29)(H,27,28)/b10-7+. The lowest BCUT2D eigenvalue weighted by molar-refractivity contribution is -0.131. The van der Waals surface area contributed by atoms with Gasteiger partial charge in [0.05, 0.1) is 5.41 Å². The van der Waals surface area contributed by atoms with Gasteiger partial charge in [-0.2, -0.15) is 0 Å². The van der Waals surface area contributed by atoms with Crippen molar-refractivity contribution in [2.24, 2.45) is 5.41 Å². The molecule has 152 valence electrons. The van der Waals surface area contributed by atoms with Gasteiger partial charge in [-0.3, -0.25) is 4.79 Å². The molecule has 0 radical (unpaired) electrons. The number of aliphatic carboxylic acids is 1. The van der Waals surface area contributed by atoms with Crippen molar-refractivity contribution in [1.82, 2.24) is 0 Å². The Morgan fingerprint density at radius 3 is 2.45 bits per heavy atom. The topological polar surface area (TPSA) is 66.4 Å². The second-order valence-corrected chi connectivity index (χ2v) is 8.82. The van der Waals surface area contributed by atoms with Crippen molar-refractivity contribution in [3.05, 3.63) is 69.7 Å². The molecular formula is C24H26BrNO3. The summed E-state index contributed by atoms with van der Waals surface area (Å²) in [7, 11) is 0. The van der Waals surface area contributed by atoms with Crippen LogP contribution in [0.25, 0.3) is 6.08 Å². The summed E-state index contributed by atoms with van der Waals surface area (Å²) in [6, 6.07) is 13.8. The van der Waals surface area contributed by atoms with Gasteiger partial charge in [0, 0.05) is 16.2 Å². The van der Waals surface area contributed by atoms with Crippen LogP contribution in [0.4, 0.5) is 5.69 Å². The number of nitrogens with one attached hydrogen (secondary N) is 1. The number of hydrogen-bond acceptors (Lipinski definition) is 2. The summed E-state index contributed by atoms with van der Waals surface area (Å²) >= 11 is 3.47. The van der Waals surface area contributed by atoms with Gasteiger partial charge < -0.3 is 10.4 Å². The van der Waals surface area contributed by atoms with Gasteiger partial charge in [0.1, 0.15) is 0 Å². The molecule has 1 saturated carbocycles. The van der Waals surface area contributed by atoms with E-state index in [1.807, 2.05) is 37.3 Å². The van der Waals surface area contributed by atoms with Gasteiger partial charge in [-0.15, -0.1) is 0 Å². The number of benzene rings is 2. The number of carbonyl (C=O) groups excluding carboxylic acids is 1. The predicted molar refractivity (Wildman–Crippen MR) is 120 cm³/mol. The summed E-state index contributed by atoms with van der Waals surface area (Å²) < 4.78 is 1.03. The van der Waals surface area contributed by atoms with Gasteiger partial charge in [0.25, 0.3) is 0 Å². The Hall–Kier alpha value is -2.40. The highest BCUT2D eigenvalue weighted by molar-refractivity contribution is 9.10. The fourth-order valence-electron chi connectivity index (χ4n) is 4.12. The molecule has 1 aliphatic carbocycles. The maximum absolute atomic E-state index is 13.4. The molecule has 5 heteroatoms. The molecule has 0 saturated heterocycles. The van der Waals surface area contributed by atoms with Gasteiger partial charge in [-0.05, 0) is 73.2 Å². The van der Waals surface area contributed by atoms with E-state index in [1.54, 1.807) is 6.08 Å². The van der Waals surface area contributed by atoms with Gasteiger partial charge in [0.15, 0.2) is 0 Å². The summed E-state index contributed by atoms with van der Waals surface area (Å²) in [4.78, 5) is 24.2. The predicted octanol–water partition coefficient (Wildman–Crippen LogP) is 5.99. The highest BCUT2D eigenvalue weighted by Crippen LogP contribution is 2.40.